The molecule has 3 N–H and O–H groups in total. The Morgan fingerprint density at radius 2 is 1.70 bits per heavy atom. The van der Waals surface area contributed by atoms with Crippen molar-refractivity contribution in [3.05, 3.63) is 107 Å². The monoisotopic (exact) mass is 537 g/mol. The van der Waals surface area contributed by atoms with Crippen LogP contribution in [0, 0.1) is 12.8 Å². The van der Waals surface area contributed by atoms with Crippen LogP contribution in [-0.4, -0.2) is 41.0 Å². The van der Waals surface area contributed by atoms with Gasteiger partial charge >= 0.3 is 5.97 Å². The molecular formula is C35H39NO4. The highest BCUT2D eigenvalue weighted by Gasteiger charge is 2.35. The van der Waals surface area contributed by atoms with E-state index in [0.717, 1.165) is 41.5 Å². The van der Waals surface area contributed by atoms with Crippen molar-refractivity contribution in [3.8, 4) is 11.1 Å². The van der Waals surface area contributed by atoms with E-state index in [2.05, 4.69) is 73.8 Å². The molecule has 1 aliphatic rings. The summed E-state index contributed by atoms with van der Waals surface area (Å²) in [5.74, 6) is -0.496. The van der Waals surface area contributed by atoms with Crippen molar-refractivity contribution < 1.29 is 19.7 Å². The third-order valence-corrected chi connectivity index (χ3v) is 7.83. The van der Waals surface area contributed by atoms with Gasteiger partial charge in [0.25, 0.3) is 0 Å². The average molecular weight is 538 g/mol. The van der Waals surface area contributed by atoms with Crippen molar-refractivity contribution in [1.82, 2.24) is 5.32 Å². The van der Waals surface area contributed by atoms with E-state index >= 15 is 0 Å². The number of ether oxygens (including phenoxy) is 1. The Bertz CT molecular complexity index is 1490. The number of benzene rings is 4. The second kappa shape index (κ2) is 11.9. The number of aliphatic hydroxyl groups excluding tert-OH is 1. The Kier molecular flexibility index (Phi) is 8.36. The van der Waals surface area contributed by atoms with Crippen LogP contribution in [0.15, 0.2) is 84.9 Å². The topological polar surface area (TPSA) is 78.8 Å². The van der Waals surface area contributed by atoms with Crippen molar-refractivity contribution in [3.63, 3.8) is 0 Å². The van der Waals surface area contributed by atoms with Crippen LogP contribution in [0.2, 0.25) is 0 Å². The third kappa shape index (κ3) is 6.79. The first-order chi connectivity index (χ1) is 19.2. The summed E-state index contributed by atoms with van der Waals surface area (Å²) in [4.78, 5) is 11.5. The van der Waals surface area contributed by atoms with Crippen molar-refractivity contribution in [2.75, 3.05) is 13.2 Å². The van der Waals surface area contributed by atoms with Gasteiger partial charge in [0.15, 0.2) is 0 Å². The maximum atomic E-state index is 11.5. The fourth-order valence-corrected chi connectivity index (χ4v) is 5.55. The van der Waals surface area contributed by atoms with Gasteiger partial charge in [0, 0.05) is 12.1 Å². The number of carboxylic acid groups (broad SMARTS) is 1. The molecule has 4 aromatic carbocycles. The second-order valence-corrected chi connectivity index (χ2v) is 11.8. The van der Waals surface area contributed by atoms with Crippen LogP contribution >= 0.6 is 0 Å². The molecule has 1 unspecified atom stereocenters. The Morgan fingerprint density at radius 1 is 0.975 bits per heavy atom. The SMILES string of the molecule is Cc1cc(-c2ccccc2C(OC[C@@H](O)CNC(C)(C)Cc2ccc3ccccc3c2)C2CC2)ccc1C(=O)O. The van der Waals surface area contributed by atoms with Crippen molar-refractivity contribution in [2.24, 2.45) is 5.92 Å². The highest BCUT2D eigenvalue weighted by molar-refractivity contribution is 5.90. The first-order valence-corrected chi connectivity index (χ1v) is 14.2. The molecule has 5 heteroatoms. The second-order valence-electron chi connectivity index (χ2n) is 11.8. The lowest BCUT2D eigenvalue weighted by Crippen LogP contribution is -2.46. The number of hydrogen-bond donors (Lipinski definition) is 3. The van der Waals surface area contributed by atoms with Crippen molar-refractivity contribution >= 4 is 16.7 Å². The quantitative estimate of drug-likeness (QED) is 0.182. The molecule has 1 saturated carbocycles. The minimum atomic E-state index is -0.917. The van der Waals surface area contributed by atoms with E-state index < -0.39 is 12.1 Å². The average Bonchev–Trinajstić information content (AvgIpc) is 3.77. The number of rotatable bonds is 12. The van der Waals surface area contributed by atoms with Crippen LogP contribution in [0.3, 0.4) is 0 Å². The van der Waals surface area contributed by atoms with Gasteiger partial charge < -0.3 is 20.3 Å². The number of hydrogen-bond acceptors (Lipinski definition) is 4. The van der Waals surface area contributed by atoms with Crippen molar-refractivity contribution in [1.29, 1.82) is 0 Å². The summed E-state index contributed by atoms with van der Waals surface area (Å²) >= 11 is 0. The molecule has 0 saturated heterocycles. The van der Waals surface area contributed by atoms with Gasteiger partial charge in [-0.1, -0.05) is 78.9 Å². The van der Waals surface area contributed by atoms with Gasteiger partial charge in [0.2, 0.25) is 0 Å². The molecule has 0 heterocycles. The molecule has 0 amide bonds. The Balaban J connectivity index is 1.22. The van der Waals surface area contributed by atoms with Crippen molar-refractivity contribution in [2.45, 2.75) is 57.8 Å². The Morgan fingerprint density at radius 3 is 2.42 bits per heavy atom. The van der Waals surface area contributed by atoms with E-state index in [0.29, 0.717) is 18.0 Å². The summed E-state index contributed by atoms with van der Waals surface area (Å²) in [5.41, 5.74) is 5.23. The number of aliphatic hydroxyl groups is 1. The number of carbonyl (C=O) groups is 1. The molecule has 1 aliphatic carbocycles. The number of aryl methyl sites for hydroxylation is 1. The molecule has 2 atom stereocenters. The van der Waals surface area contributed by atoms with E-state index in [4.69, 9.17) is 4.74 Å². The fourth-order valence-electron chi connectivity index (χ4n) is 5.55. The molecular weight excluding hydrogens is 498 g/mol. The molecule has 40 heavy (non-hydrogen) atoms. The van der Waals surface area contributed by atoms with E-state index in [1.54, 1.807) is 6.07 Å². The summed E-state index contributed by atoms with van der Waals surface area (Å²) in [7, 11) is 0. The molecule has 208 valence electrons. The summed E-state index contributed by atoms with van der Waals surface area (Å²) < 4.78 is 6.42. The maximum absolute atomic E-state index is 11.5. The summed E-state index contributed by atoms with van der Waals surface area (Å²) in [6, 6.07) is 28.6. The number of aromatic carboxylic acids is 1. The Hall–Kier alpha value is -3.51. The van der Waals surface area contributed by atoms with Crippen LogP contribution in [0.5, 0.6) is 0 Å². The number of nitrogens with one attached hydrogen (secondary N) is 1. The standard InChI is InChI=1S/C35H39NO4/c1-23-18-28(16-17-30(23)34(38)39)31-10-6-7-11-32(31)33(26-14-15-26)40-22-29(37)21-36-35(2,3)20-24-12-13-25-8-4-5-9-27(25)19-24/h4-13,16-19,26,29,33,36-37H,14-15,20-22H2,1-3H3,(H,38,39)/t29-,33?/m0/s1. The van der Waals surface area contributed by atoms with Crippen LogP contribution in [-0.2, 0) is 11.2 Å². The lowest BCUT2D eigenvalue weighted by atomic mass is 9.92. The van der Waals surface area contributed by atoms with Crippen LogP contribution in [0.1, 0.15) is 59.8 Å². The number of fused-ring (bicyclic) bond motifs is 1. The van der Waals surface area contributed by atoms with E-state index in [9.17, 15) is 15.0 Å². The first-order valence-electron chi connectivity index (χ1n) is 14.2. The molecule has 0 spiro atoms. The van der Waals surface area contributed by atoms with Crippen LogP contribution in [0.25, 0.3) is 21.9 Å². The largest absolute Gasteiger partial charge is 0.478 e. The normalized spacial score (nSPS) is 15.2. The van der Waals surface area contributed by atoms with Crippen LogP contribution < -0.4 is 5.32 Å². The summed E-state index contributed by atoms with van der Waals surface area (Å²) in [6.07, 6.45) is 2.30. The predicted molar refractivity (Wildman–Crippen MR) is 161 cm³/mol. The molecule has 0 aromatic heterocycles. The Labute approximate surface area is 236 Å². The van der Waals surface area contributed by atoms with Gasteiger partial charge in [0.1, 0.15) is 0 Å². The lowest BCUT2D eigenvalue weighted by Gasteiger charge is -2.29. The van der Waals surface area contributed by atoms with Gasteiger partial charge in [-0.05, 0) is 90.6 Å². The van der Waals surface area contributed by atoms with E-state index in [1.165, 1.54) is 16.3 Å². The molecule has 0 aliphatic heterocycles. The molecule has 0 radical (unpaired) electrons. The molecule has 5 rings (SSSR count). The van der Waals surface area contributed by atoms with Crippen LogP contribution in [0.4, 0.5) is 0 Å². The maximum Gasteiger partial charge on any atom is 0.335 e. The smallest absolute Gasteiger partial charge is 0.335 e. The van der Waals surface area contributed by atoms with E-state index in [1.807, 2.05) is 31.2 Å². The zero-order chi connectivity index (χ0) is 28.3. The summed E-state index contributed by atoms with van der Waals surface area (Å²) in [6.45, 7) is 6.84. The first kappa shape index (κ1) is 28.0. The number of carboxylic acids is 1. The minimum Gasteiger partial charge on any atom is -0.478 e. The molecule has 0 bridgehead atoms. The highest BCUT2D eigenvalue weighted by Crippen LogP contribution is 2.46. The van der Waals surface area contributed by atoms with E-state index in [-0.39, 0.29) is 18.2 Å². The van der Waals surface area contributed by atoms with Gasteiger partial charge in [-0.15, -0.1) is 0 Å². The predicted octanol–water partition coefficient (Wildman–Crippen LogP) is 6.95. The molecule has 5 nitrogen and oxygen atoms in total. The van der Waals surface area contributed by atoms with Gasteiger partial charge in [-0.25, -0.2) is 4.79 Å². The highest BCUT2D eigenvalue weighted by atomic mass is 16.5. The number of β-amino-alcohol motifs (C(OH)–C–C–N with tert-alkyl or cyclic N) is 1. The lowest BCUT2D eigenvalue weighted by molar-refractivity contribution is -0.0209. The minimum absolute atomic E-state index is 0.115. The summed E-state index contributed by atoms with van der Waals surface area (Å²) in [5, 5.41) is 26.3. The zero-order valence-corrected chi connectivity index (χ0v) is 23.6. The zero-order valence-electron chi connectivity index (χ0n) is 23.6. The third-order valence-electron chi connectivity index (χ3n) is 7.83. The fraction of sp³-hybridized carbons (Fsp3) is 0.343. The molecule has 4 aromatic rings. The van der Waals surface area contributed by atoms with Gasteiger partial charge in [-0.2, -0.15) is 0 Å². The molecule has 1 fully saturated rings. The van der Waals surface area contributed by atoms with Gasteiger partial charge in [0.05, 0.1) is 24.4 Å². The van der Waals surface area contributed by atoms with Gasteiger partial charge in [-0.3, -0.25) is 0 Å².